The van der Waals surface area contributed by atoms with Gasteiger partial charge in [0.2, 0.25) is 0 Å². The first kappa shape index (κ1) is 9.10. The van der Waals surface area contributed by atoms with Crippen molar-refractivity contribution < 1.29 is 0 Å². The smallest absolute Gasteiger partial charge is 0.0944 e. The van der Waals surface area contributed by atoms with Gasteiger partial charge in [0.05, 0.1) is 6.67 Å². The number of hydrogen-bond donors (Lipinski definition) is 0. The molecule has 0 saturated heterocycles. The average Bonchev–Trinajstić information content (AvgIpc) is 2.99. The fraction of sp³-hybridized carbons (Fsp3) is 0.333. The summed E-state index contributed by atoms with van der Waals surface area (Å²) in [5, 5.41) is 0.793. The van der Waals surface area contributed by atoms with E-state index >= 15 is 0 Å². The molecular weight excluding hydrogens is 208 g/mol. The van der Waals surface area contributed by atoms with E-state index in [1.54, 1.807) is 0 Å². The van der Waals surface area contributed by atoms with Gasteiger partial charge in [0, 0.05) is 29.2 Å². The summed E-state index contributed by atoms with van der Waals surface area (Å²) in [6.07, 6.45) is 7.02. The zero-order valence-electron chi connectivity index (χ0n) is 8.44. The third-order valence-corrected chi connectivity index (χ3v) is 3.18. The fourth-order valence-corrected chi connectivity index (χ4v) is 2.01. The summed E-state index contributed by atoms with van der Waals surface area (Å²) in [4.78, 5) is 4.64. The number of halogens is 1. The number of anilines is 1. The van der Waals surface area contributed by atoms with Crippen molar-refractivity contribution in [2.45, 2.75) is 18.9 Å². The molecular formula is C12H13ClN2. The van der Waals surface area contributed by atoms with Crippen molar-refractivity contribution >= 4 is 17.3 Å². The molecule has 3 rings (SSSR count). The van der Waals surface area contributed by atoms with Crippen molar-refractivity contribution in [3.8, 4) is 0 Å². The van der Waals surface area contributed by atoms with E-state index in [1.807, 2.05) is 12.1 Å². The topological polar surface area (TPSA) is 6.48 Å². The van der Waals surface area contributed by atoms with Crippen LogP contribution in [0.5, 0.6) is 0 Å². The molecule has 0 radical (unpaired) electrons. The molecule has 1 aromatic carbocycles. The number of benzene rings is 1. The molecule has 1 aliphatic carbocycles. The molecule has 0 spiro atoms. The van der Waals surface area contributed by atoms with Crippen LogP contribution in [-0.4, -0.2) is 17.6 Å². The van der Waals surface area contributed by atoms with Gasteiger partial charge < -0.3 is 9.80 Å². The van der Waals surface area contributed by atoms with E-state index in [9.17, 15) is 0 Å². The Morgan fingerprint density at radius 3 is 2.47 bits per heavy atom. The van der Waals surface area contributed by atoms with Crippen LogP contribution in [0, 0.1) is 0 Å². The molecule has 0 atom stereocenters. The average molecular weight is 221 g/mol. The molecule has 0 aromatic heterocycles. The Morgan fingerprint density at radius 2 is 1.80 bits per heavy atom. The van der Waals surface area contributed by atoms with Crippen molar-refractivity contribution in [3.05, 3.63) is 41.7 Å². The molecule has 0 unspecified atom stereocenters. The molecule has 0 N–H and O–H groups in total. The third-order valence-electron chi connectivity index (χ3n) is 2.93. The van der Waals surface area contributed by atoms with Crippen LogP contribution in [0.2, 0.25) is 5.02 Å². The maximum Gasteiger partial charge on any atom is 0.0944 e. The van der Waals surface area contributed by atoms with Gasteiger partial charge in [0.1, 0.15) is 0 Å². The van der Waals surface area contributed by atoms with Crippen LogP contribution in [-0.2, 0) is 0 Å². The number of hydrogen-bond acceptors (Lipinski definition) is 2. The summed E-state index contributed by atoms with van der Waals surface area (Å²) in [7, 11) is 0. The quantitative estimate of drug-likeness (QED) is 0.756. The predicted molar refractivity (Wildman–Crippen MR) is 62.8 cm³/mol. The Bertz CT molecular complexity index is 381. The van der Waals surface area contributed by atoms with E-state index in [4.69, 9.17) is 11.6 Å². The number of nitrogens with zero attached hydrogens (tertiary/aromatic N) is 2. The van der Waals surface area contributed by atoms with E-state index < -0.39 is 0 Å². The predicted octanol–water partition coefficient (Wildman–Crippen LogP) is 3.05. The van der Waals surface area contributed by atoms with Gasteiger partial charge in [-0.2, -0.15) is 0 Å². The summed E-state index contributed by atoms with van der Waals surface area (Å²) in [6.45, 7) is 0.978. The zero-order valence-corrected chi connectivity index (χ0v) is 9.19. The second kappa shape index (κ2) is 3.46. The summed E-state index contributed by atoms with van der Waals surface area (Å²) in [5.41, 5.74) is 1.21. The van der Waals surface area contributed by atoms with E-state index in [-0.39, 0.29) is 0 Å². The molecule has 2 nitrogen and oxygen atoms in total. The lowest BCUT2D eigenvalue weighted by molar-refractivity contribution is 0.397. The van der Waals surface area contributed by atoms with E-state index in [1.165, 1.54) is 18.5 Å². The summed E-state index contributed by atoms with van der Waals surface area (Å²) >= 11 is 5.86. The maximum atomic E-state index is 5.86. The summed E-state index contributed by atoms with van der Waals surface area (Å²) < 4.78 is 0. The van der Waals surface area contributed by atoms with Crippen LogP contribution < -0.4 is 4.90 Å². The van der Waals surface area contributed by atoms with Gasteiger partial charge in [-0.3, -0.25) is 0 Å². The van der Waals surface area contributed by atoms with Crippen molar-refractivity contribution in [1.29, 1.82) is 0 Å². The molecule has 1 fully saturated rings. The SMILES string of the molecule is Clc1ccc(N2C=CN(C3CC3)C2)cc1. The van der Waals surface area contributed by atoms with Gasteiger partial charge in [-0.15, -0.1) is 0 Å². The van der Waals surface area contributed by atoms with Crippen molar-refractivity contribution in [2.75, 3.05) is 11.6 Å². The highest BCUT2D eigenvalue weighted by Crippen LogP contribution is 2.31. The minimum atomic E-state index is 0.790. The lowest BCUT2D eigenvalue weighted by Gasteiger charge is -2.20. The largest absolute Gasteiger partial charge is 0.355 e. The first-order chi connectivity index (χ1) is 7.33. The van der Waals surface area contributed by atoms with Crippen LogP contribution in [0.3, 0.4) is 0 Å². The maximum absolute atomic E-state index is 5.86. The molecule has 1 heterocycles. The van der Waals surface area contributed by atoms with Crippen LogP contribution in [0.1, 0.15) is 12.8 Å². The standard InChI is InChI=1S/C12H13ClN2/c13-10-1-3-11(4-2-10)14-7-8-15(9-14)12-5-6-12/h1-4,7-8,12H,5-6,9H2. The molecule has 15 heavy (non-hydrogen) atoms. The lowest BCUT2D eigenvalue weighted by Crippen LogP contribution is -2.26. The first-order valence-electron chi connectivity index (χ1n) is 5.29. The van der Waals surface area contributed by atoms with Gasteiger partial charge in [0.25, 0.3) is 0 Å². The zero-order chi connectivity index (χ0) is 10.3. The van der Waals surface area contributed by atoms with Gasteiger partial charge in [-0.1, -0.05) is 11.6 Å². The molecule has 0 bridgehead atoms. The monoisotopic (exact) mass is 220 g/mol. The highest BCUT2D eigenvalue weighted by atomic mass is 35.5. The van der Waals surface area contributed by atoms with Crippen molar-refractivity contribution in [1.82, 2.24) is 4.90 Å². The molecule has 3 heteroatoms. The van der Waals surface area contributed by atoms with Crippen molar-refractivity contribution in [2.24, 2.45) is 0 Å². The Kier molecular flexibility index (Phi) is 2.10. The molecule has 1 aliphatic heterocycles. The molecule has 1 aromatic rings. The third kappa shape index (κ3) is 1.82. The fourth-order valence-electron chi connectivity index (χ4n) is 1.88. The highest BCUT2D eigenvalue weighted by Gasteiger charge is 2.30. The second-order valence-electron chi connectivity index (χ2n) is 4.13. The Balaban J connectivity index is 1.73. The van der Waals surface area contributed by atoms with Gasteiger partial charge in [-0.05, 0) is 37.1 Å². The van der Waals surface area contributed by atoms with Crippen LogP contribution in [0.4, 0.5) is 5.69 Å². The van der Waals surface area contributed by atoms with E-state index in [2.05, 4.69) is 34.3 Å². The van der Waals surface area contributed by atoms with Crippen LogP contribution in [0.15, 0.2) is 36.7 Å². The van der Waals surface area contributed by atoms with E-state index in [0.29, 0.717) is 0 Å². The summed E-state index contributed by atoms with van der Waals surface area (Å²) in [6, 6.07) is 8.78. The minimum absolute atomic E-state index is 0.790. The Morgan fingerprint density at radius 1 is 1.07 bits per heavy atom. The lowest BCUT2D eigenvalue weighted by atomic mass is 10.3. The second-order valence-corrected chi connectivity index (χ2v) is 4.57. The van der Waals surface area contributed by atoms with Gasteiger partial charge in [-0.25, -0.2) is 0 Å². The molecule has 78 valence electrons. The molecule has 0 amide bonds. The highest BCUT2D eigenvalue weighted by molar-refractivity contribution is 6.30. The van der Waals surface area contributed by atoms with Gasteiger partial charge >= 0.3 is 0 Å². The molecule has 2 aliphatic rings. The summed E-state index contributed by atoms with van der Waals surface area (Å²) in [5.74, 6) is 0. The van der Waals surface area contributed by atoms with E-state index in [0.717, 1.165) is 17.7 Å². The Labute approximate surface area is 94.7 Å². The minimum Gasteiger partial charge on any atom is -0.355 e. The molecule has 1 saturated carbocycles. The van der Waals surface area contributed by atoms with Crippen LogP contribution >= 0.6 is 11.6 Å². The van der Waals surface area contributed by atoms with Crippen molar-refractivity contribution in [3.63, 3.8) is 0 Å². The van der Waals surface area contributed by atoms with Gasteiger partial charge in [0.15, 0.2) is 0 Å². The van der Waals surface area contributed by atoms with Crippen LogP contribution in [0.25, 0.3) is 0 Å². The first-order valence-corrected chi connectivity index (χ1v) is 5.67. The Hall–Kier alpha value is -1.15. The normalized spacial score (nSPS) is 20.1. The number of rotatable bonds is 2.